The van der Waals surface area contributed by atoms with E-state index >= 15 is 0 Å². The number of hydrogen-bond donors (Lipinski definition) is 2. The second-order valence-electron chi connectivity index (χ2n) is 2.40. The summed E-state index contributed by atoms with van der Waals surface area (Å²) >= 11 is 0. The summed E-state index contributed by atoms with van der Waals surface area (Å²) < 4.78 is 0. The van der Waals surface area contributed by atoms with E-state index in [1.54, 1.807) is 13.8 Å². The Labute approximate surface area is 107 Å². The average molecular weight is 186 g/mol. The number of carboxylic acids is 2. The van der Waals surface area contributed by atoms with E-state index in [-0.39, 0.29) is 57.3 Å². The van der Waals surface area contributed by atoms with Gasteiger partial charge in [0.15, 0.2) is 5.92 Å². The van der Waals surface area contributed by atoms with Crippen molar-refractivity contribution in [2.75, 3.05) is 0 Å². The van der Waals surface area contributed by atoms with Gasteiger partial charge in [0, 0.05) is 0 Å². The van der Waals surface area contributed by atoms with E-state index in [2.05, 4.69) is 0 Å². The van der Waals surface area contributed by atoms with Gasteiger partial charge < -0.3 is 10.2 Å². The third kappa shape index (κ3) is 4.92. The number of rotatable bonds is 3. The first-order valence-corrected chi connectivity index (χ1v) is 2.92. The van der Waals surface area contributed by atoms with Crippen LogP contribution in [0.15, 0.2) is 0 Å². The third-order valence-electron chi connectivity index (χ3n) is 1.20. The minimum absolute atomic E-state index is 0. The molecule has 0 saturated carbocycles. The molecule has 0 aromatic carbocycles. The van der Waals surface area contributed by atoms with Gasteiger partial charge in [0.05, 0.1) is 0 Å². The van der Waals surface area contributed by atoms with Gasteiger partial charge in [0.2, 0.25) is 0 Å². The van der Waals surface area contributed by atoms with E-state index in [0.29, 0.717) is 0 Å². The summed E-state index contributed by atoms with van der Waals surface area (Å²) in [6, 6.07) is 0. The predicted octanol–water partition coefficient (Wildman–Crippen LogP) is -0.221. The van der Waals surface area contributed by atoms with Gasteiger partial charge in [0.1, 0.15) is 0 Å². The van der Waals surface area contributed by atoms with Crippen LogP contribution in [0.5, 0.6) is 0 Å². The quantitative estimate of drug-likeness (QED) is 0.472. The standard InChI is InChI=1S/C6H10O4.K.H/c1-3(2)4(5(7)8)6(9)10;;/h3-4H,1-2H3,(H,7,8)(H,9,10);;. The molecule has 5 heteroatoms. The summed E-state index contributed by atoms with van der Waals surface area (Å²) in [7, 11) is 0. The second-order valence-corrected chi connectivity index (χ2v) is 2.40. The molecule has 0 aromatic rings. The van der Waals surface area contributed by atoms with Crippen LogP contribution in [0.25, 0.3) is 0 Å². The monoisotopic (exact) mass is 186 g/mol. The Morgan fingerprint density at radius 2 is 1.36 bits per heavy atom. The normalized spacial score (nSPS) is 9.45. The van der Waals surface area contributed by atoms with Crippen LogP contribution in [0, 0.1) is 11.8 Å². The molecule has 0 fully saturated rings. The summed E-state index contributed by atoms with van der Waals surface area (Å²) in [5.41, 5.74) is 0. The molecular weight excluding hydrogens is 175 g/mol. The van der Waals surface area contributed by atoms with Crippen LogP contribution < -0.4 is 0 Å². The summed E-state index contributed by atoms with van der Waals surface area (Å²) in [4.78, 5) is 20.4. The fraction of sp³-hybridized carbons (Fsp3) is 0.667. The van der Waals surface area contributed by atoms with Crippen molar-refractivity contribution in [2.45, 2.75) is 13.8 Å². The Hall–Kier alpha value is 0.576. The number of carboxylic acid groups (broad SMARTS) is 2. The van der Waals surface area contributed by atoms with Gasteiger partial charge in [-0.25, -0.2) is 0 Å². The Kier molecular flexibility index (Phi) is 7.87. The zero-order chi connectivity index (χ0) is 8.31. The van der Waals surface area contributed by atoms with Crippen molar-refractivity contribution in [3.63, 3.8) is 0 Å². The Bertz CT molecular complexity index is 141. The number of hydrogen-bond acceptors (Lipinski definition) is 2. The third-order valence-corrected chi connectivity index (χ3v) is 1.20. The summed E-state index contributed by atoms with van der Waals surface area (Å²) in [5, 5.41) is 16.7. The van der Waals surface area contributed by atoms with Crippen molar-refractivity contribution in [1.82, 2.24) is 0 Å². The number of carbonyl (C=O) groups is 2. The first kappa shape index (κ1) is 14.1. The molecule has 0 bridgehead atoms. The molecular formula is C6H11KO4. The fourth-order valence-corrected chi connectivity index (χ4v) is 0.676. The second kappa shape index (κ2) is 6.13. The molecule has 0 aliphatic carbocycles. The zero-order valence-corrected chi connectivity index (χ0v) is 5.87. The van der Waals surface area contributed by atoms with Crippen LogP contribution in [-0.2, 0) is 9.59 Å². The van der Waals surface area contributed by atoms with Crippen molar-refractivity contribution >= 4 is 63.3 Å². The summed E-state index contributed by atoms with van der Waals surface area (Å²) in [5.74, 6) is -4.19. The van der Waals surface area contributed by atoms with Crippen LogP contribution >= 0.6 is 0 Å². The molecule has 0 saturated heterocycles. The predicted molar refractivity (Wildman–Crippen MR) is 40.7 cm³/mol. The molecule has 0 atom stereocenters. The van der Waals surface area contributed by atoms with E-state index in [1.807, 2.05) is 0 Å². The molecule has 0 spiro atoms. The first-order chi connectivity index (χ1) is 4.46. The van der Waals surface area contributed by atoms with Gasteiger partial charge in [-0.2, -0.15) is 0 Å². The molecule has 0 radical (unpaired) electrons. The molecule has 0 aliphatic heterocycles. The topological polar surface area (TPSA) is 74.6 Å². The van der Waals surface area contributed by atoms with E-state index in [0.717, 1.165) is 0 Å². The van der Waals surface area contributed by atoms with Crippen molar-refractivity contribution in [3.05, 3.63) is 0 Å². The van der Waals surface area contributed by atoms with Crippen molar-refractivity contribution in [1.29, 1.82) is 0 Å². The molecule has 0 heterocycles. The van der Waals surface area contributed by atoms with Gasteiger partial charge in [0.25, 0.3) is 0 Å². The van der Waals surface area contributed by atoms with E-state index in [4.69, 9.17) is 10.2 Å². The van der Waals surface area contributed by atoms with Gasteiger partial charge in [-0.15, -0.1) is 0 Å². The molecule has 0 rings (SSSR count). The molecule has 2 N–H and O–H groups in total. The molecule has 4 nitrogen and oxygen atoms in total. The Morgan fingerprint density at radius 3 is 1.36 bits per heavy atom. The van der Waals surface area contributed by atoms with Crippen LogP contribution in [0.4, 0.5) is 0 Å². The Morgan fingerprint density at radius 1 is 1.09 bits per heavy atom. The van der Waals surface area contributed by atoms with Crippen LogP contribution in [0.1, 0.15) is 13.8 Å². The maximum atomic E-state index is 10.2. The maximum absolute atomic E-state index is 10.2. The Balaban J connectivity index is 0. The van der Waals surface area contributed by atoms with Crippen LogP contribution in [0.3, 0.4) is 0 Å². The molecule has 0 unspecified atom stereocenters. The van der Waals surface area contributed by atoms with E-state index < -0.39 is 17.9 Å². The van der Waals surface area contributed by atoms with Crippen LogP contribution in [0.2, 0.25) is 0 Å². The van der Waals surface area contributed by atoms with E-state index in [9.17, 15) is 9.59 Å². The minimum atomic E-state index is -1.28. The fourth-order valence-electron chi connectivity index (χ4n) is 0.676. The van der Waals surface area contributed by atoms with E-state index in [1.165, 1.54) is 0 Å². The van der Waals surface area contributed by atoms with Crippen LogP contribution in [-0.4, -0.2) is 73.5 Å². The molecule has 0 amide bonds. The molecule has 60 valence electrons. The van der Waals surface area contributed by atoms with Crippen molar-refractivity contribution in [2.24, 2.45) is 11.8 Å². The summed E-state index contributed by atoms with van der Waals surface area (Å²) in [6.45, 7) is 3.12. The molecule has 11 heavy (non-hydrogen) atoms. The average Bonchev–Trinajstić information content (AvgIpc) is 1.59. The first-order valence-electron chi connectivity index (χ1n) is 2.92. The van der Waals surface area contributed by atoms with Gasteiger partial charge in [-0.3, -0.25) is 9.59 Å². The van der Waals surface area contributed by atoms with Crippen molar-refractivity contribution < 1.29 is 19.8 Å². The van der Waals surface area contributed by atoms with Gasteiger partial charge >= 0.3 is 63.3 Å². The van der Waals surface area contributed by atoms with Gasteiger partial charge in [-0.1, -0.05) is 13.8 Å². The molecule has 0 aromatic heterocycles. The summed E-state index contributed by atoms with van der Waals surface area (Å²) in [6.07, 6.45) is 0. The SMILES string of the molecule is CC(C)C(C(=O)O)C(=O)O.[KH]. The van der Waals surface area contributed by atoms with Crippen molar-refractivity contribution in [3.8, 4) is 0 Å². The molecule has 0 aliphatic rings. The van der Waals surface area contributed by atoms with Gasteiger partial charge in [-0.05, 0) is 5.92 Å². The number of aliphatic carboxylic acids is 2. The zero-order valence-electron chi connectivity index (χ0n) is 5.87.